The summed E-state index contributed by atoms with van der Waals surface area (Å²) in [5.41, 5.74) is 6.42. The van der Waals surface area contributed by atoms with Crippen molar-refractivity contribution >= 4 is 45.8 Å². The van der Waals surface area contributed by atoms with Crippen molar-refractivity contribution in [3.8, 4) is 0 Å². The number of fused-ring (bicyclic) bond motifs is 3. The molecule has 0 saturated carbocycles. The Morgan fingerprint density at radius 2 is 1.69 bits per heavy atom. The zero-order chi connectivity index (χ0) is 28.7. The standard InChI is InChI=1S/C34H36N6OS/c1-26-16-17-30-29(24-26)32-33(40(30)25-28-12-6-3-7-13-28)35-34(37-36-32)42-23-9-15-31(41)39-21-19-38(20-22-39)18-8-14-27-10-4-2-5-11-27/h2-8,10-14,16-17,24H,9,15,18-23,25H2,1H3/b14-8+. The predicted molar refractivity (Wildman–Crippen MR) is 172 cm³/mol. The minimum Gasteiger partial charge on any atom is -0.340 e. The van der Waals surface area contributed by atoms with Crippen molar-refractivity contribution in [3.63, 3.8) is 0 Å². The van der Waals surface area contributed by atoms with Crippen LogP contribution in [0.2, 0.25) is 0 Å². The van der Waals surface area contributed by atoms with Crippen LogP contribution >= 0.6 is 11.8 Å². The van der Waals surface area contributed by atoms with Crippen LogP contribution in [0.1, 0.15) is 29.5 Å². The maximum absolute atomic E-state index is 12.9. The summed E-state index contributed by atoms with van der Waals surface area (Å²) in [5, 5.41) is 10.8. The molecule has 2 aromatic heterocycles. The molecule has 5 aromatic rings. The van der Waals surface area contributed by atoms with Crippen LogP contribution in [-0.4, -0.2) is 73.9 Å². The van der Waals surface area contributed by atoms with Crippen molar-refractivity contribution in [3.05, 3.63) is 102 Å². The Hall–Kier alpha value is -4.01. The third-order valence-corrected chi connectivity index (χ3v) is 8.67. The quantitative estimate of drug-likeness (QED) is 0.149. The zero-order valence-electron chi connectivity index (χ0n) is 24.0. The first-order valence-corrected chi connectivity index (χ1v) is 15.6. The molecule has 0 unspecified atom stereocenters. The zero-order valence-corrected chi connectivity index (χ0v) is 24.8. The lowest BCUT2D eigenvalue weighted by Crippen LogP contribution is -2.48. The van der Waals surface area contributed by atoms with Gasteiger partial charge in [0.05, 0.1) is 5.52 Å². The van der Waals surface area contributed by atoms with Crippen LogP contribution in [-0.2, 0) is 11.3 Å². The number of hydrogen-bond acceptors (Lipinski definition) is 6. The van der Waals surface area contributed by atoms with Crippen molar-refractivity contribution < 1.29 is 4.79 Å². The van der Waals surface area contributed by atoms with E-state index in [0.29, 0.717) is 11.6 Å². The predicted octanol–water partition coefficient (Wildman–Crippen LogP) is 6.07. The summed E-state index contributed by atoms with van der Waals surface area (Å²) in [7, 11) is 0. The van der Waals surface area contributed by atoms with E-state index in [2.05, 4.69) is 105 Å². The highest BCUT2D eigenvalue weighted by Gasteiger charge is 2.20. The number of amides is 1. The van der Waals surface area contributed by atoms with Crippen molar-refractivity contribution in [2.45, 2.75) is 31.5 Å². The summed E-state index contributed by atoms with van der Waals surface area (Å²) < 4.78 is 2.23. The second-order valence-corrected chi connectivity index (χ2v) is 11.9. The lowest BCUT2D eigenvalue weighted by atomic mass is 10.1. The number of benzene rings is 3. The first-order valence-electron chi connectivity index (χ1n) is 14.7. The van der Waals surface area contributed by atoms with Gasteiger partial charge in [0.2, 0.25) is 11.1 Å². The van der Waals surface area contributed by atoms with E-state index in [-0.39, 0.29) is 5.91 Å². The summed E-state index contributed by atoms with van der Waals surface area (Å²) in [6.45, 7) is 7.14. The summed E-state index contributed by atoms with van der Waals surface area (Å²) in [5.74, 6) is 1.02. The maximum atomic E-state index is 12.9. The van der Waals surface area contributed by atoms with Crippen LogP contribution in [0.25, 0.3) is 28.1 Å². The summed E-state index contributed by atoms with van der Waals surface area (Å²) in [4.78, 5) is 22.2. The molecule has 0 radical (unpaired) electrons. The van der Waals surface area contributed by atoms with E-state index in [1.54, 1.807) is 11.8 Å². The molecular weight excluding hydrogens is 540 g/mol. The van der Waals surface area contributed by atoms with Gasteiger partial charge in [-0.15, -0.1) is 10.2 Å². The smallest absolute Gasteiger partial charge is 0.222 e. The fraction of sp³-hybridized carbons (Fsp3) is 0.294. The van der Waals surface area contributed by atoms with Crippen LogP contribution in [0.15, 0.2) is 90.1 Å². The van der Waals surface area contributed by atoms with E-state index in [1.807, 2.05) is 17.0 Å². The highest BCUT2D eigenvalue weighted by Crippen LogP contribution is 2.29. The molecule has 0 atom stereocenters. The van der Waals surface area contributed by atoms with Crippen molar-refractivity contribution in [2.75, 3.05) is 38.5 Å². The van der Waals surface area contributed by atoms with Gasteiger partial charge in [-0.05, 0) is 36.6 Å². The van der Waals surface area contributed by atoms with Gasteiger partial charge < -0.3 is 9.47 Å². The van der Waals surface area contributed by atoms with Crippen LogP contribution < -0.4 is 0 Å². The highest BCUT2D eigenvalue weighted by atomic mass is 32.2. The molecule has 214 valence electrons. The van der Waals surface area contributed by atoms with E-state index in [4.69, 9.17) is 4.98 Å². The minimum absolute atomic E-state index is 0.239. The molecule has 6 rings (SSSR count). The Kier molecular flexibility index (Phi) is 8.92. The van der Waals surface area contributed by atoms with E-state index in [1.165, 1.54) is 16.7 Å². The lowest BCUT2D eigenvalue weighted by molar-refractivity contribution is -0.132. The number of aromatic nitrogens is 4. The van der Waals surface area contributed by atoms with Gasteiger partial charge in [0.15, 0.2) is 5.65 Å². The van der Waals surface area contributed by atoms with Gasteiger partial charge in [0.25, 0.3) is 0 Å². The van der Waals surface area contributed by atoms with E-state index in [9.17, 15) is 4.79 Å². The highest BCUT2D eigenvalue weighted by molar-refractivity contribution is 7.99. The van der Waals surface area contributed by atoms with Crippen LogP contribution in [0, 0.1) is 6.92 Å². The summed E-state index contributed by atoms with van der Waals surface area (Å²) >= 11 is 1.57. The monoisotopic (exact) mass is 576 g/mol. The van der Waals surface area contributed by atoms with Gasteiger partial charge in [-0.2, -0.15) is 0 Å². The van der Waals surface area contributed by atoms with E-state index in [0.717, 1.165) is 73.5 Å². The van der Waals surface area contributed by atoms with Gasteiger partial charge in [-0.3, -0.25) is 9.69 Å². The van der Waals surface area contributed by atoms with E-state index >= 15 is 0 Å². The fourth-order valence-corrected chi connectivity index (χ4v) is 6.19. The lowest BCUT2D eigenvalue weighted by Gasteiger charge is -2.34. The molecule has 1 amide bonds. The Morgan fingerprint density at radius 3 is 2.48 bits per heavy atom. The summed E-state index contributed by atoms with van der Waals surface area (Å²) in [6.07, 6.45) is 5.71. The molecule has 0 N–H and O–H groups in total. The van der Waals surface area contributed by atoms with Gasteiger partial charge in [-0.1, -0.05) is 96.2 Å². The molecule has 42 heavy (non-hydrogen) atoms. The molecule has 3 heterocycles. The number of nitrogens with zero attached hydrogens (tertiary/aromatic N) is 6. The topological polar surface area (TPSA) is 67.2 Å². The molecule has 8 heteroatoms. The molecule has 1 aliphatic heterocycles. The largest absolute Gasteiger partial charge is 0.340 e. The second-order valence-electron chi connectivity index (χ2n) is 10.8. The van der Waals surface area contributed by atoms with Crippen LogP contribution in [0.4, 0.5) is 0 Å². The molecule has 3 aromatic carbocycles. The van der Waals surface area contributed by atoms with Gasteiger partial charge >= 0.3 is 0 Å². The number of hydrogen-bond donors (Lipinski definition) is 0. The van der Waals surface area contributed by atoms with E-state index < -0.39 is 0 Å². The maximum Gasteiger partial charge on any atom is 0.222 e. The van der Waals surface area contributed by atoms with Crippen LogP contribution in [0.3, 0.4) is 0 Å². The SMILES string of the molecule is Cc1ccc2c(c1)c1nnc(SCCCC(=O)N3CCN(C/C=C/c4ccccc4)CC3)nc1n2Cc1ccccc1. The molecule has 0 spiro atoms. The number of piperazine rings is 1. The van der Waals surface area contributed by atoms with Crippen LogP contribution in [0.5, 0.6) is 0 Å². The molecule has 1 fully saturated rings. The molecule has 1 saturated heterocycles. The molecule has 0 aliphatic carbocycles. The van der Waals surface area contributed by atoms with Crippen molar-refractivity contribution in [1.82, 2.24) is 29.5 Å². The van der Waals surface area contributed by atoms with Gasteiger partial charge in [0.1, 0.15) is 5.52 Å². The minimum atomic E-state index is 0.239. The summed E-state index contributed by atoms with van der Waals surface area (Å²) in [6, 6.07) is 27.2. The number of carbonyl (C=O) groups excluding carboxylic acids is 1. The average molecular weight is 577 g/mol. The molecular formula is C34H36N6OS. The van der Waals surface area contributed by atoms with Gasteiger partial charge in [0, 0.05) is 56.8 Å². The normalized spacial score (nSPS) is 14.4. The first kappa shape index (κ1) is 28.1. The van der Waals surface area contributed by atoms with Crippen molar-refractivity contribution in [1.29, 1.82) is 0 Å². The van der Waals surface area contributed by atoms with Gasteiger partial charge in [-0.25, -0.2) is 4.98 Å². The Morgan fingerprint density at radius 1 is 0.929 bits per heavy atom. The number of carbonyl (C=O) groups is 1. The number of aryl methyl sites for hydroxylation is 1. The Labute approximate surface area is 251 Å². The number of rotatable bonds is 10. The Balaban J connectivity index is 1.02. The van der Waals surface area contributed by atoms with Crippen molar-refractivity contribution in [2.24, 2.45) is 0 Å². The Bertz CT molecular complexity index is 1680. The first-order chi connectivity index (χ1) is 20.6. The third kappa shape index (κ3) is 6.72. The number of thioether (sulfide) groups is 1. The third-order valence-electron chi connectivity index (χ3n) is 7.75. The average Bonchev–Trinajstić information content (AvgIpc) is 3.32. The molecule has 1 aliphatic rings. The molecule has 7 nitrogen and oxygen atoms in total. The second kappa shape index (κ2) is 13.3. The molecule has 0 bridgehead atoms. The fourth-order valence-electron chi connectivity index (χ4n) is 5.47.